The molecule has 1 amide bonds. The fourth-order valence-corrected chi connectivity index (χ4v) is 4.13. The quantitative estimate of drug-likeness (QED) is 0.843. The lowest BCUT2D eigenvalue weighted by Gasteiger charge is -2.15. The summed E-state index contributed by atoms with van der Waals surface area (Å²) in [4.78, 5) is 13.5. The zero-order valence-electron chi connectivity index (χ0n) is 14.9. The normalized spacial score (nSPS) is 13.5. The lowest BCUT2D eigenvalue weighted by Crippen LogP contribution is -2.26. The highest BCUT2D eigenvalue weighted by Gasteiger charge is 2.24. The van der Waals surface area contributed by atoms with Crippen molar-refractivity contribution in [1.82, 2.24) is 4.72 Å². The number of sulfonamides is 1. The molecule has 7 heteroatoms. The second-order valence-corrected chi connectivity index (χ2v) is 7.84. The van der Waals surface area contributed by atoms with Gasteiger partial charge in [-0.1, -0.05) is 18.2 Å². The van der Waals surface area contributed by atoms with Gasteiger partial charge >= 0.3 is 0 Å². The van der Waals surface area contributed by atoms with Crippen molar-refractivity contribution in [3.63, 3.8) is 0 Å². The number of nitrogens with one attached hydrogen (secondary N) is 1. The van der Waals surface area contributed by atoms with Gasteiger partial charge in [-0.05, 0) is 43.2 Å². The molecule has 6 nitrogen and oxygen atoms in total. The summed E-state index contributed by atoms with van der Waals surface area (Å²) in [5.74, 6) is 0.633. The van der Waals surface area contributed by atoms with Gasteiger partial charge in [-0.25, -0.2) is 13.1 Å². The number of hydrogen-bond donors (Lipinski definition) is 1. The minimum Gasteiger partial charge on any atom is -0.494 e. The first-order chi connectivity index (χ1) is 12.4. The minimum absolute atomic E-state index is 0.0370. The van der Waals surface area contributed by atoms with Crippen LogP contribution in [0, 0.1) is 0 Å². The van der Waals surface area contributed by atoms with Gasteiger partial charge in [-0.15, -0.1) is 0 Å². The van der Waals surface area contributed by atoms with E-state index in [0.29, 0.717) is 25.3 Å². The van der Waals surface area contributed by atoms with Crippen LogP contribution in [0.1, 0.15) is 25.0 Å². The number of carbonyl (C=O) groups excluding carboxylic acids is 1. The fraction of sp³-hybridized carbons (Fsp3) is 0.316. The van der Waals surface area contributed by atoms with Crippen molar-refractivity contribution >= 4 is 21.6 Å². The smallest absolute Gasteiger partial charge is 0.240 e. The third kappa shape index (κ3) is 3.73. The number of nitrogens with zero attached hydrogens (tertiary/aromatic N) is 1. The Bertz CT molecular complexity index is 925. The van der Waals surface area contributed by atoms with Gasteiger partial charge in [0.1, 0.15) is 5.75 Å². The van der Waals surface area contributed by atoms with Gasteiger partial charge in [0.2, 0.25) is 15.9 Å². The van der Waals surface area contributed by atoms with Crippen molar-refractivity contribution in [2.24, 2.45) is 0 Å². The number of rotatable bonds is 6. The molecular weight excluding hydrogens is 352 g/mol. The summed E-state index contributed by atoms with van der Waals surface area (Å²) in [6, 6.07) is 12.2. The van der Waals surface area contributed by atoms with Gasteiger partial charge in [-0.3, -0.25) is 4.79 Å². The second kappa shape index (κ2) is 7.47. The van der Waals surface area contributed by atoms with Crippen molar-refractivity contribution in [2.45, 2.75) is 31.7 Å². The average Bonchev–Trinajstić information content (AvgIpc) is 3.05. The fourth-order valence-electron chi connectivity index (χ4n) is 3.07. The number of benzene rings is 2. The molecule has 0 saturated heterocycles. The van der Waals surface area contributed by atoms with Crippen molar-refractivity contribution < 1.29 is 17.9 Å². The lowest BCUT2D eigenvalue weighted by atomic mass is 10.2. The van der Waals surface area contributed by atoms with Crippen LogP contribution in [-0.2, 0) is 27.8 Å². The highest BCUT2D eigenvalue weighted by Crippen LogP contribution is 2.30. The molecule has 0 aromatic heterocycles. The molecule has 0 saturated carbocycles. The summed E-state index contributed by atoms with van der Waals surface area (Å²) in [5, 5.41) is 0. The summed E-state index contributed by atoms with van der Waals surface area (Å²) in [5.41, 5.74) is 2.44. The van der Waals surface area contributed by atoms with Crippen LogP contribution in [0.5, 0.6) is 5.75 Å². The molecule has 1 aliphatic rings. The molecule has 1 N–H and O–H groups in total. The second-order valence-electron chi connectivity index (χ2n) is 6.08. The molecule has 26 heavy (non-hydrogen) atoms. The Labute approximate surface area is 153 Å². The molecule has 2 aromatic carbocycles. The Morgan fingerprint density at radius 3 is 2.73 bits per heavy atom. The highest BCUT2D eigenvalue weighted by atomic mass is 32.2. The predicted octanol–water partition coefficient (Wildman–Crippen LogP) is 2.47. The van der Waals surface area contributed by atoms with E-state index in [1.54, 1.807) is 17.0 Å². The molecule has 0 fully saturated rings. The standard InChI is InChI=1S/C19H22N2O4S/c1-3-25-19-7-5-4-6-16(19)13-20-26(23,24)17-8-9-18-15(12-17)10-11-21(18)14(2)22/h4-9,12,20H,3,10-11,13H2,1-2H3. The van der Waals surface area contributed by atoms with Crippen LogP contribution in [-0.4, -0.2) is 27.5 Å². The predicted molar refractivity (Wildman–Crippen MR) is 99.8 cm³/mol. The van der Waals surface area contributed by atoms with E-state index in [1.165, 1.54) is 13.0 Å². The largest absolute Gasteiger partial charge is 0.494 e. The molecule has 0 aliphatic carbocycles. The third-order valence-corrected chi connectivity index (χ3v) is 5.76. The van der Waals surface area contributed by atoms with E-state index < -0.39 is 10.0 Å². The molecule has 0 bridgehead atoms. The highest BCUT2D eigenvalue weighted by molar-refractivity contribution is 7.89. The van der Waals surface area contributed by atoms with Crippen molar-refractivity contribution in [2.75, 3.05) is 18.1 Å². The number of hydrogen-bond acceptors (Lipinski definition) is 4. The molecule has 1 heterocycles. The summed E-state index contributed by atoms with van der Waals surface area (Å²) in [6.07, 6.45) is 0.658. The molecule has 1 aliphatic heterocycles. The van der Waals surface area contributed by atoms with Crippen LogP contribution in [0.2, 0.25) is 0 Å². The third-order valence-electron chi connectivity index (χ3n) is 4.36. The zero-order chi connectivity index (χ0) is 18.7. The SMILES string of the molecule is CCOc1ccccc1CNS(=O)(=O)c1ccc2c(c1)CCN2C(C)=O. The Hall–Kier alpha value is -2.38. The Morgan fingerprint density at radius 1 is 1.23 bits per heavy atom. The van der Waals surface area contributed by atoms with E-state index in [2.05, 4.69) is 4.72 Å². The van der Waals surface area contributed by atoms with Gasteiger partial charge in [0.25, 0.3) is 0 Å². The number of fused-ring (bicyclic) bond motifs is 1. The monoisotopic (exact) mass is 374 g/mol. The van der Waals surface area contributed by atoms with E-state index in [-0.39, 0.29) is 17.3 Å². The number of ether oxygens (including phenoxy) is 1. The van der Waals surface area contributed by atoms with Gasteiger partial charge in [0, 0.05) is 31.3 Å². The van der Waals surface area contributed by atoms with Gasteiger partial charge < -0.3 is 9.64 Å². The molecule has 138 valence electrons. The zero-order valence-corrected chi connectivity index (χ0v) is 15.7. The molecule has 0 unspecified atom stereocenters. The van der Waals surface area contributed by atoms with Crippen molar-refractivity contribution in [1.29, 1.82) is 0 Å². The van der Waals surface area contributed by atoms with Gasteiger partial charge in [-0.2, -0.15) is 0 Å². The van der Waals surface area contributed by atoms with E-state index in [4.69, 9.17) is 4.74 Å². The first-order valence-electron chi connectivity index (χ1n) is 8.54. The summed E-state index contributed by atoms with van der Waals surface area (Å²) < 4.78 is 33.5. The molecular formula is C19H22N2O4S. The topological polar surface area (TPSA) is 75.7 Å². The summed E-state index contributed by atoms with van der Waals surface area (Å²) in [6.45, 7) is 4.65. The van der Waals surface area contributed by atoms with Crippen molar-refractivity contribution in [3.8, 4) is 5.75 Å². The van der Waals surface area contributed by atoms with Crippen LogP contribution in [0.15, 0.2) is 47.4 Å². The molecule has 0 atom stereocenters. The maximum atomic E-state index is 12.7. The van der Waals surface area contributed by atoms with Crippen LogP contribution in [0.3, 0.4) is 0 Å². The molecule has 0 radical (unpaired) electrons. The van der Waals surface area contributed by atoms with E-state index in [1.807, 2.05) is 31.2 Å². The minimum atomic E-state index is -3.66. The molecule has 0 spiro atoms. The van der Waals surface area contributed by atoms with E-state index in [9.17, 15) is 13.2 Å². The van der Waals surface area contributed by atoms with Crippen LogP contribution in [0.4, 0.5) is 5.69 Å². The van der Waals surface area contributed by atoms with Crippen molar-refractivity contribution in [3.05, 3.63) is 53.6 Å². The maximum Gasteiger partial charge on any atom is 0.240 e. The van der Waals surface area contributed by atoms with Crippen LogP contribution < -0.4 is 14.4 Å². The number of carbonyl (C=O) groups is 1. The number of amides is 1. The Morgan fingerprint density at radius 2 is 2.00 bits per heavy atom. The first-order valence-corrected chi connectivity index (χ1v) is 10.0. The maximum absolute atomic E-state index is 12.7. The van der Waals surface area contributed by atoms with Gasteiger partial charge in [0.05, 0.1) is 11.5 Å². The Balaban J connectivity index is 1.79. The summed E-state index contributed by atoms with van der Waals surface area (Å²) >= 11 is 0. The van der Waals surface area contributed by atoms with Crippen LogP contribution >= 0.6 is 0 Å². The van der Waals surface area contributed by atoms with Crippen LogP contribution in [0.25, 0.3) is 0 Å². The van der Waals surface area contributed by atoms with Gasteiger partial charge in [0.15, 0.2) is 0 Å². The Kier molecular flexibility index (Phi) is 5.29. The molecule has 3 rings (SSSR count). The lowest BCUT2D eigenvalue weighted by molar-refractivity contribution is -0.116. The van der Waals surface area contributed by atoms with E-state index >= 15 is 0 Å². The van der Waals surface area contributed by atoms with E-state index in [0.717, 1.165) is 16.8 Å². The first kappa shape index (κ1) is 18.4. The average molecular weight is 374 g/mol. The molecule has 2 aromatic rings. The number of anilines is 1. The summed E-state index contributed by atoms with van der Waals surface area (Å²) in [7, 11) is -3.66. The number of para-hydroxylation sites is 1.